The number of carboxylic acid groups (broad SMARTS) is 1. The molecule has 0 radical (unpaired) electrons. The normalized spacial score (nSPS) is 11.2. The Hall–Kier alpha value is -1.97. The SMILES string of the molecule is O=C(O)CSCC(=O)NCCn1cc(C(F)(F)F)ccc1=O. The highest BCUT2D eigenvalue weighted by Crippen LogP contribution is 2.27. The van der Waals surface area contributed by atoms with Crippen molar-refractivity contribution in [1.82, 2.24) is 9.88 Å². The molecule has 1 amide bonds. The highest BCUT2D eigenvalue weighted by molar-refractivity contribution is 8.00. The molecule has 0 fully saturated rings. The van der Waals surface area contributed by atoms with Crippen LogP contribution in [0.25, 0.3) is 0 Å². The quantitative estimate of drug-likeness (QED) is 0.768. The number of amides is 1. The first-order chi connectivity index (χ1) is 10.2. The van der Waals surface area contributed by atoms with Gasteiger partial charge in [-0.1, -0.05) is 0 Å². The average molecular weight is 338 g/mol. The summed E-state index contributed by atoms with van der Waals surface area (Å²) in [7, 11) is 0. The molecule has 0 aromatic carbocycles. The van der Waals surface area contributed by atoms with E-state index in [1.807, 2.05) is 0 Å². The Labute approximate surface area is 127 Å². The van der Waals surface area contributed by atoms with Crippen molar-refractivity contribution in [2.75, 3.05) is 18.1 Å². The minimum absolute atomic E-state index is 0.0340. The molecule has 6 nitrogen and oxygen atoms in total. The number of aromatic nitrogens is 1. The molecule has 2 N–H and O–H groups in total. The summed E-state index contributed by atoms with van der Waals surface area (Å²) in [5.74, 6) is -1.80. The van der Waals surface area contributed by atoms with E-state index in [2.05, 4.69) is 5.32 Å². The van der Waals surface area contributed by atoms with E-state index in [4.69, 9.17) is 5.11 Å². The minimum atomic E-state index is -4.55. The van der Waals surface area contributed by atoms with Crippen LogP contribution in [0.2, 0.25) is 0 Å². The van der Waals surface area contributed by atoms with Gasteiger partial charge in [0.2, 0.25) is 5.91 Å². The minimum Gasteiger partial charge on any atom is -0.481 e. The molecule has 1 heterocycles. The Kier molecular flexibility index (Phi) is 6.47. The first-order valence-electron chi connectivity index (χ1n) is 6.04. The largest absolute Gasteiger partial charge is 0.481 e. The molecule has 0 saturated heterocycles. The van der Waals surface area contributed by atoms with E-state index in [0.29, 0.717) is 12.3 Å². The van der Waals surface area contributed by atoms with Crippen LogP contribution in [0.5, 0.6) is 0 Å². The van der Waals surface area contributed by atoms with Crippen molar-refractivity contribution in [3.63, 3.8) is 0 Å². The molecular weight excluding hydrogens is 325 g/mol. The fraction of sp³-hybridized carbons (Fsp3) is 0.417. The van der Waals surface area contributed by atoms with Crippen LogP contribution >= 0.6 is 11.8 Å². The number of carbonyl (C=O) groups excluding carboxylic acids is 1. The van der Waals surface area contributed by atoms with Gasteiger partial charge < -0.3 is 15.0 Å². The van der Waals surface area contributed by atoms with Gasteiger partial charge in [-0.05, 0) is 6.07 Å². The van der Waals surface area contributed by atoms with Crippen LogP contribution < -0.4 is 10.9 Å². The number of thioether (sulfide) groups is 1. The van der Waals surface area contributed by atoms with E-state index in [0.717, 1.165) is 22.4 Å². The van der Waals surface area contributed by atoms with Crippen molar-refractivity contribution in [1.29, 1.82) is 0 Å². The molecule has 0 aliphatic rings. The molecule has 1 aromatic heterocycles. The van der Waals surface area contributed by atoms with E-state index in [9.17, 15) is 27.6 Å². The topological polar surface area (TPSA) is 88.4 Å². The fourth-order valence-corrected chi connectivity index (χ4v) is 2.04. The molecular formula is C12H13F3N2O4S. The second kappa shape index (κ2) is 7.87. The number of hydrogen-bond acceptors (Lipinski definition) is 4. The van der Waals surface area contributed by atoms with E-state index in [-0.39, 0.29) is 24.6 Å². The fourth-order valence-electron chi connectivity index (χ4n) is 1.47. The van der Waals surface area contributed by atoms with Crippen molar-refractivity contribution < 1.29 is 27.9 Å². The molecule has 0 bridgehead atoms. The molecule has 0 unspecified atom stereocenters. The number of hydrogen-bond donors (Lipinski definition) is 2. The lowest BCUT2D eigenvalue weighted by atomic mass is 10.3. The van der Waals surface area contributed by atoms with Gasteiger partial charge in [0.25, 0.3) is 5.56 Å². The van der Waals surface area contributed by atoms with Crippen molar-refractivity contribution in [3.8, 4) is 0 Å². The van der Waals surface area contributed by atoms with Gasteiger partial charge in [0.1, 0.15) is 0 Å². The second-order valence-corrected chi connectivity index (χ2v) is 5.17. The van der Waals surface area contributed by atoms with Crippen LogP contribution in [0.4, 0.5) is 13.2 Å². The van der Waals surface area contributed by atoms with Crippen LogP contribution in [-0.2, 0) is 22.3 Å². The summed E-state index contributed by atoms with van der Waals surface area (Å²) >= 11 is 0.896. The van der Waals surface area contributed by atoms with Gasteiger partial charge in [0, 0.05) is 25.4 Å². The molecule has 1 rings (SSSR count). The zero-order valence-electron chi connectivity index (χ0n) is 11.2. The van der Waals surface area contributed by atoms with Gasteiger partial charge in [-0.3, -0.25) is 14.4 Å². The van der Waals surface area contributed by atoms with Gasteiger partial charge in [-0.25, -0.2) is 0 Å². The van der Waals surface area contributed by atoms with Gasteiger partial charge in [0.05, 0.1) is 17.1 Å². The number of nitrogens with one attached hydrogen (secondary N) is 1. The van der Waals surface area contributed by atoms with Crippen molar-refractivity contribution in [2.45, 2.75) is 12.7 Å². The number of pyridine rings is 1. The molecule has 122 valence electrons. The van der Waals surface area contributed by atoms with Gasteiger partial charge in [-0.2, -0.15) is 13.2 Å². The molecule has 0 atom stereocenters. The summed E-state index contributed by atoms with van der Waals surface area (Å²) in [6.07, 6.45) is -3.86. The van der Waals surface area contributed by atoms with E-state index < -0.39 is 29.2 Å². The Bertz CT molecular complexity index is 601. The lowest BCUT2D eigenvalue weighted by Gasteiger charge is -2.11. The number of halogens is 3. The van der Waals surface area contributed by atoms with Crippen LogP contribution in [0.1, 0.15) is 5.56 Å². The number of carbonyl (C=O) groups is 2. The summed E-state index contributed by atoms with van der Waals surface area (Å²) in [5.41, 5.74) is -1.56. The maximum absolute atomic E-state index is 12.5. The third-order valence-electron chi connectivity index (χ3n) is 2.44. The number of aliphatic carboxylic acids is 1. The number of carboxylic acids is 1. The zero-order valence-corrected chi connectivity index (χ0v) is 12.0. The first-order valence-corrected chi connectivity index (χ1v) is 7.19. The number of rotatable bonds is 7. The maximum Gasteiger partial charge on any atom is 0.417 e. The molecule has 0 aliphatic heterocycles. The lowest BCUT2D eigenvalue weighted by Crippen LogP contribution is -2.32. The van der Waals surface area contributed by atoms with Crippen LogP contribution in [0.15, 0.2) is 23.1 Å². The molecule has 0 saturated carbocycles. The Morgan fingerprint density at radius 2 is 1.95 bits per heavy atom. The third-order valence-corrected chi connectivity index (χ3v) is 3.36. The number of nitrogens with zero attached hydrogens (tertiary/aromatic N) is 1. The monoisotopic (exact) mass is 338 g/mol. The van der Waals surface area contributed by atoms with Gasteiger partial charge in [-0.15, -0.1) is 11.8 Å². The van der Waals surface area contributed by atoms with E-state index >= 15 is 0 Å². The smallest absolute Gasteiger partial charge is 0.417 e. The maximum atomic E-state index is 12.5. The third kappa shape index (κ3) is 6.20. The number of alkyl halides is 3. The Balaban J connectivity index is 2.49. The predicted molar refractivity (Wildman–Crippen MR) is 73.7 cm³/mol. The van der Waals surface area contributed by atoms with Crippen LogP contribution in [0.3, 0.4) is 0 Å². The average Bonchev–Trinajstić information content (AvgIpc) is 2.39. The molecule has 0 spiro atoms. The van der Waals surface area contributed by atoms with Crippen molar-refractivity contribution in [2.24, 2.45) is 0 Å². The van der Waals surface area contributed by atoms with Crippen molar-refractivity contribution >= 4 is 23.6 Å². The Morgan fingerprint density at radius 1 is 1.27 bits per heavy atom. The molecule has 22 heavy (non-hydrogen) atoms. The summed E-state index contributed by atoms with van der Waals surface area (Å²) in [6.45, 7) is -0.147. The molecule has 10 heteroatoms. The standard InChI is InChI=1S/C12H13F3N2O4S/c13-12(14,15)8-1-2-10(19)17(5-8)4-3-16-9(18)6-22-7-11(20)21/h1-2,5H,3-4,6-7H2,(H,16,18)(H,20,21). The summed E-state index contributed by atoms with van der Waals surface area (Å²) in [4.78, 5) is 33.0. The lowest BCUT2D eigenvalue weighted by molar-refractivity contribution is -0.138. The van der Waals surface area contributed by atoms with Gasteiger partial charge in [0.15, 0.2) is 0 Å². The van der Waals surface area contributed by atoms with E-state index in [1.165, 1.54) is 0 Å². The summed E-state index contributed by atoms with van der Waals surface area (Å²) in [5, 5.41) is 10.8. The summed E-state index contributed by atoms with van der Waals surface area (Å²) < 4.78 is 38.4. The first kappa shape index (κ1) is 18.1. The molecule has 0 aliphatic carbocycles. The van der Waals surface area contributed by atoms with Gasteiger partial charge >= 0.3 is 12.1 Å². The Morgan fingerprint density at radius 3 is 2.55 bits per heavy atom. The van der Waals surface area contributed by atoms with Crippen LogP contribution in [-0.4, -0.2) is 39.6 Å². The van der Waals surface area contributed by atoms with Crippen molar-refractivity contribution in [3.05, 3.63) is 34.2 Å². The van der Waals surface area contributed by atoms with Crippen LogP contribution in [0, 0.1) is 0 Å². The predicted octanol–water partition coefficient (Wildman–Crippen LogP) is 0.801. The molecule has 1 aromatic rings. The highest BCUT2D eigenvalue weighted by atomic mass is 32.2. The second-order valence-electron chi connectivity index (χ2n) is 4.18. The summed E-state index contributed by atoms with van der Waals surface area (Å²) in [6, 6.07) is 1.51. The highest BCUT2D eigenvalue weighted by Gasteiger charge is 2.30. The van der Waals surface area contributed by atoms with E-state index in [1.54, 1.807) is 0 Å². The zero-order chi connectivity index (χ0) is 16.8.